The van der Waals surface area contributed by atoms with E-state index >= 15 is 0 Å². The molecule has 0 saturated carbocycles. The van der Waals surface area contributed by atoms with Gasteiger partial charge in [0.2, 0.25) is 0 Å². The maximum Gasteiger partial charge on any atom is 0.119 e. The van der Waals surface area contributed by atoms with Crippen LogP contribution in [0.1, 0.15) is 38.8 Å². The van der Waals surface area contributed by atoms with E-state index in [9.17, 15) is 0 Å². The van der Waals surface area contributed by atoms with Gasteiger partial charge >= 0.3 is 0 Å². The quantitative estimate of drug-likeness (QED) is 0.640. The molecule has 2 saturated heterocycles. The summed E-state index contributed by atoms with van der Waals surface area (Å²) >= 11 is 0. The molecule has 0 N–H and O–H groups in total. The molecule has 4 heteroatoms. The van der Waals surface area contributed by atoms with Crippen molar-refractivity contribution in [3.05, 3.63) is 59.7 Å². The van der Waals surface area contributed by atoms with Crippen LogP contribution < -0.4 is 9.47 Å². The Labute approximate surface area is 174 Å². The van der Waals surface area contributed by atoms with Crippen LogP contribution in [-0.2, 0) is 14.9 Å². The first-order valence-electron chi connectivity index (χ1n) is 10.4. The van der Waals surface area contributed by atoms with Crippen molar-refractivity contribution in [1.82, 2.24) is 0 Å². The highest BCUT2D eigenvalue weighted by molar-refractivity contribution is 5.41. The van der Waals surface area contributed by atoms with Crippen molar-refractivity contribution in [3.8, 4) is 11.5 Å². The van der Waals surface area contributed by atoms with Crippen molar-refractivity contribution in [1.29, 1.82) is 0 Å². The SMILES string of the molecule is CC1(COc2ccc(C(C)(C)c3ccc(OCC4(C)COC4)cc3)cc2)COC1. The summed E-state index contributed by atoms with van der Waals surface area (Å²) in [5, 5.41) is 0. The lowest BCUT2D eigenvalue weighted by atomic mass is 9.78. The van der Waals surface area contributed by atoms with Crippen LogP contribution in [0.4, 0.5) is 0 Å². The first-order valence-corrected chi connectivity index (χ1v) is 10.4. The minimum Gasteiger partial charge on any atom is -0.493 e. The van der Waals surface area contributed by atoms with E-state index in [2.05, 4.69) is 76.2 Å². The van der Waals surface area contributed by atoms with E-state index in [1.165, 1.54) is 11.1 Å². The predicted octanol–water partition coefficient (Wildman–Crippen LogP) is 4.84. The largest absolute Gasteiger partial charge is 0.493 e. The summed E-state index contributed by atoms with van der Waals surface area (Å²) in [4.78, 5) is 0. The molecule has 0 aliphatic carbocycles. The Balaban J connectivity index is 1.37. The molecule has 0 atom stereocenters. The molecular formula is C25H32O4. The Morgan fingerprint density at radius 1 is 0.690 bits per heavy atom. The zero-order valence-corrected chi connectivity index (χ0v) is 18.0. The summed E-state index contributed by atoms with van der Waals surface area (Å²) in [6.07, 6.45) is 0. The third-order valence-corrected chi connectivity index (χ3v) is 6.13. The molecule has 2 heterocycles. The van der Waals surface area contributed by atoms with Gasteiger partial charge in [0.25, 0.3) is 0 Å². The highest BCUT2D eigenvalue weighted by atomic mass is 16.5. The molecule has 2 aliphatic rings. The zero-order valence-electron chi connectivity index (χ0n) is 18.0. The average molecular weight is 397 g/mol. The predicted molar refractivity (Wildman–Crippen MR) is 114 cm³/mol. The average Bonchev–Trinajstić information content (AvgIpc) is 2.68. The molecule has 0 amide bonds. The molecular weight excluding hydrogens is 364 g/mol. The zero-order chi connectivity index (χ0) is 20.5. The summed E-state index contributed by atoms with van der Waals surface area (Å²) in [6.45, 7) is 13.4. The summed E-state index contributed by atoms with van der Waals surface area (Å²) in [6, 6.07) is 16.9. The second kappa shape index (κ2) is 7.66. The summed E-state index contributed by atoms with van der Waals surface area (Å²) in [5.74, 6) is 1.82. The van der Waals surface area contributed by atoms with Crippen molar-refractivity contribution in [2.24, 2.45) is 10.8 Å². The molecule has 2 aliphatic heterocycles. The maximum atomic E-state index is 5.96. The molecule has 156 valence electrons. The highest BCUT2D eigenvalue weighted by Gasteiger charge is 2.35. The standard InChI is InChI=1S/C25H32O4/c1-23(2,19-5-9-21(10-6-19)28-17-24(3)13-26-14-24)20-7-11-22(12-8-20)29-18-25(4)15-27-16-25/h5-12H,13-18H2,1-4H3. The van der Waals surface area contributed by atoms with Gasteiger partial charge in [-0.25, -0.2) is 0 Å². The molecule has 4 rings (SSSR count). The smallest absolute Gasteiger partial charge is 0.119 e. The van der Waals surface area contributed by atoms with Gasteiger partial charge in [0.05, 0.1) is 39.6 Å². The summed E-state index contributed by atoms with van der Waals surface area (Å²) in [5.41, 5.74) is 2.74. The van der Waals surface area contributed by atoms with Crippen LogP contribution in [0.3, 0.4) is 0 Å². The molecule has 0 radical (unpaired) electrons. The summed E-state index contributed by atoms with van der Waals surface area (Å²) < 4.78 is 22.5. The third-order valence-electron chi connectivity index (χ3n) is 6.13. The van der Waals surface area contributed by atoms with Crippen LogP contribution in [0.25, 0.3) is 0 Å². The van der Waals surface area contributed by atoms with Crippen LogP contribution in [-0.4, -0.2) is 39.6 Å². The number of benzene rings is 2. The summed E-state index contributed by atoms with van der Waals surface area (Å²) in [7, 11) is 0. The molecule has 4 nitrogen and oxygen atoms in total. The molecule has 0 unspecified atom stereocenters. The fraction of sp³-hybridized carbons (Fsp3) is 0.520. The van der Waals surface area contributed by atoms with Crippen LogP contribution in [0.5, 0.6) is 11.5 Å². The molecule has 0 aromatic heterocycles. The Morgan fingerprint density at radius 3 is 1.31 bits per heavy atom. The first-order chi connectivity index (χ1) is 13.8. The van der Waals surface area contributed by atoms with E-state index in [1.54, 1.807) is 0 Å². The van der Waals surface area contributed by atoms with Gasteiger partial charge in [-0.1, -0.05) is 52.0 Å². The van der Waals surface area contributed by atoms with Gasteiger partial charge in [-0.3, -0.25) is 0 Å². The Kier molecular flexibility index (Phi) is 5.34. The van der Waals surface area contributed by atoms with E-state index in [4.69, 9.17) is 18.9 Å². The lowest BCUT2D eigenvalue weighted by Gasteiger charge is -2.37. The van der Waals surface area contributed by atoms with Crippen LogP contribution in [0.2, 0.25) is 0 Å². The lowest BCUT2D eigenvalue weighted by molar-refractivity contribution is -0.120. The van der Waals surface area contributed by atoms with Crippen LogP contribution in [0.15, 0.2) is 48.5 Å². The fourth-order valence-corrected chi connectivity index (χ4v) is 3.69. The van der Waals surface area contributed by atoms with Gasteiger partial charge in [-0.05, 0) is 35.4 Å². The van der Waals surface area contributed by atoms with Gasteiger partial charge in [-0.2, -0.15) is 0 Å². The molecule has 2 aromatic carbocycles. The lowest BCUT2D eigenvalue weighted by Crippen LogP contribution is -2.44. The van der Waals surface area contributed by atoms with Gasteiger partial charge < -0.3 is 18.9 Å². The van der Waals surface area contributed by atoms with E-state index in [-0.39, 0.29) is 16.2 Å². The van der Waals surface area contributed by atoms with Crippen molar-refractivity contribution < 1.29 is 18.9 Å². The Hall–Kier alpha value is -2.04. The maximum absolute atomic E-state index is 5.96. The van der Waals surface area contributed by atoms with E-state index < -0.39 is 0 Å². The number of hydrogen-bond acceptors (Lipinski definition) is 4. The van der Waals surface area contributed by atoms with E-state index in [0.29, 0.717) is 13.2 Å². The van der Waals surface area contributed by atoms with Gasteiger partial charge in [-0.15, -0.1) is 0 Å². The van der Waals surface area contributed by atoms with Gasteiger partial charge in [0, 0.05) is 16.2 Å². The van der Waals surface area contributed by atoms with Crippen LogP contribution in [0, 0.1) is 10.8 Å². The normalized spacial score (nSPS) is 19.7. The van der Waals surface area contributed by atoms with Crippen molar-refractivity contribution >= 4 is 0 Å². The molecule has 2 aromatic rings. The van der Waals surface area contributed by atoms with Crippen molar-refractivity contribution in [2.45, 2.75) is 33.1 Å². The molecule has 29 heavy (non-hydrogen) atoms. The monoisotopic (exact) mass is 396 g/mol. The second-order valence-corrected chi connectivity index (χ2v) is 9.86. The van der Waals surface area contributed by atoms with Gasteiger partial charge in [0.1, 0.15) is 11.5 Å². The van der Waals surface area contributed by atoms with E-state index in [1.807, 2.05) is 0 Å². The Bertz CT molecular complexity index is 745. The molecule has 2 fully saturated rings. The highest BCUT2D eigenvalue weighted by Crippen LogP contribution is 2.34. The van der Waals surface area contributed by atoms with Crippen LogP contribution >= 0.6 is 0 Å². The molecule has 0 spiro atoms. The van der Waals surface area contributed by atoms with Crippen molar-refractivity contribution in [3.63, 3.8) is 0 Å². The number of ether oxygens (including phenoxy) is 4. The molecule has 0 bridgehead atoms. The van der Waals surface area contributed by atoms with E-state index in [0.717, 1.165) is 37.9 Å². The topological polar surface area (TPSA) is 36.9 Å². The fourth-order valence-electron chi connectivity index (χ4n) is 3.69. The number of hydrogen-bond donors (Lipinski definition) is 0. The van der Waals surface area contributed by atoms with Gasteiger partial charge in [0.15, 0.2) is 0 Å². The first kappa shape index (κ1) is 20.2. The second-order valence-electron chi connectivity index (χ2n) is 9.86. The van der Waals surface area contributed by atoms with Crippen molar-refractivity contribution in [2.75, 3.05) is 39.6 Å². The minimum absolute atomic E-state index is 0.0986. The Morgan fingerprint density at radius 2 is 1.03 bits per heavy atom. The number of rotatable bonds is 8. The third kappa shape index (κ3) is 4.44. The minimum atomic E-state index is -0.0986.